The lowest BCUT2D eigenvalue weighted by Crippen LogP contribution is -2.31. The number of hydrogen-bond donors (Lipinski definition) is 3. The Balaban J connectivity index is 1.29. The number of ether oxygens (including phenoxy) is 2. The van der Waals surface area contributed by atoms with Crippen molar-refractivity contribution in [1.82, 2.24) is 29.9 Å². The van der Waals surface area contributed by atoms with Crippen LogP contribution in [0, 0.1) is 5.92 Å². The normalized spacial score (nSPS) is 15.7. The van der Waals surface area contributed by atoms with Crippen LogP contribution in [0.25, 0.3) is 5.78 Å². The summed E-state index contributed by atoms with van der Waals surface area (Å²) in [5, 5.41) is 18.5. The molecular weight excluding hydrogens is 456 g/mol. The molecule has 3 heterocycles. The van der Waals surface area contributed by atoms with Crippen molar-refractivity contribution in [2.24, 2.45) is 5.92 Å². The highest BCUT2D eigenvalue weighted by molar-refractivity contribution is 7.99. The molecule has 5 rings (SSSR count). The average molecular weight is 485 g/mol. The van der Waals surface area contributed by atoms with E-state index in [1.165, 1.54) is 11.8 Å². The van der Waals surface area contributed by atoms with Crippen LogP contribution in [-0.4, -0.2) is 62.5 Å². The van der Waals surface area contributed by atoms with Gasteiger partial charge in [0.15, 0.2) is 16.7 Å². The molecule has 2 aromatic heterocycles. The molecule has 1 unspecified atom stereocenters. The third-order valence-electron chi connectivity index (χ3n) is 5.58. The fourth-order valence-electron chi connectivity index (χ4n) is 3.90. The van der Waals surface area contributed by atoms with Gasteiger partial charge in [-0.1, -0.05) is 17.8 Å². The van der Waals surface area contributed by atoms with E-state index in [0.29, 0.717) is 55.1 Å². The number of nitrogens with zero attached hydrogens (tertiary/aromatic N) is 5. The monoisotopic (exact) mass is 484 g/mol. The highest BCUT2D eigenvalue weighted by Crippen LogP contribution is 2.43. The molecule has 1 aliphatic heterocycles. The standard InChI is InChI=1S/C22H28N8O3S/c1-3-23-19-26-20(24-4-2)30-21(27-19)28-29-22(30)34-12-17(31)25-18(13-5-6-13)14-7-8-15-16(11-14)33-10-9-32-15/h7-8,11,13,18H,3-6,9-10,12H2,1-2H3,(H,25,31)(H2,23,24,26,27,28). The number of fused-ring (bicyclic) bond motifs is 2. The van der Waals surface area contributed by atoms with E-state index in [0.717, 1.165) is 29.9 Å². The maximum absolute atomic E-state index is 12.9. The molecule has 0 saturated heterocycles. The van der Waals surface area contributed by atoms with E-state index in [4.69, 9.17) is 9.47 Å². The van der Waals surface area contributed by atoms with Crippen LogP contribution in [0.2, 0.25) is 0 Å². The predicted molar refractivity (Wildman–Crippen MR) is 129 cm³/mol. The number of amides is 1. The van der Waals surface area contributed by atoms with Gasteiger partial charge in [0.05, 0.1) is 11.8 Å². The first-order valence-electron chi connectivity index (χ1n) is 11.6. The van der Waals surface area contributed by atoms with Crippen LogP contribution in [0.5, 0.6) is 11.5 Å². The summed E-state index contributed by atoms with van der Waals surface area (Å²) in [5.41, 5.74) is 1.04. The molecule has 1 saturated carbocycles. The summed E-state index contributed by atoms with van der Waals surface area (Å²) in [6.07, 6.45) is 2.19. The number of anilines is 2. The van der Waals surface area contributed by atoms with Crippen LogP contribution >= 0.6 is 11.8 Å². The van der Waals surface area contributed by atoms with Gasteiger partial charge in [0.1, 0.15) is 13.2 Å². The van der Waals surface area contributed by atoms with Crippen molar-refractivity contribution < 1.29 is 14.3 Å². The van der Waals surface area contributed by atoms with E-state index in [1.807, 2.05) is 32.0 Å². The van der Waals surface area contributed by atoms with Gasteiger partial charge in [0.25, 0.3) is 5.78 Å². The molecule has 2 aliphatic rings. The van der Waals surface area contributed by atoms with Gasteiger partial charge in [-0.25, -0.2) is 4.40 Å². The van der Waals surface area contributed by atoms with Crippen LogP contribution in [0.15, 0.2) is 23.4 Å². The third-order valence-corrected chi connectivity index (χ3v) is 6.51. The van der Waals surface area contributed by atoms with Crippen molar-refractivity contribution >= 4 is 35.3 Å². The van der Waals surface area contributed by atoms with Crippen LogP contribution in [-0.2, 0) is 4.79 Å². The molecule has 3 N–H and O–H groups in total. The zero-order valence-corrected chi connectivity index (χ0v) is 20.0. The zero-order chi connectivity index (χ0) is 23.5. The first kappa shape index (κ1) is 22.5. The van der Waals surface area contributed by atoms with Crippen molar-refractivity contribution in [3.05, 3.63) is 23.8 Å². The summed E-state index contributed by atoms with van der Waals surface area (Å²) in [6.45, 7) is 6.43. The zero-order valence-electron chi connectivity index (χ0n) is 19.2. The van der Waals surface area contributed by atoms with Gasteiger partial charge < -0.3 is 25.4 Å². The maximum Gasteiger partial charge on any atom is 0.261 e. The second kappa shape index (κ2) is 9.92. The Morgan fingerprint density at radius 3 is 2.68 bits per heavy atom. The van der Waals surface area contributed by atoms with E-state index >= 15 is 0 Å². The van der Waals surface area contributed by atoms with Crippen molar-refractivity contribution in [3.63, 3.8) is 0 Å². The van der Waals surface area contributed by atoms with Gasteiger partial charge in [0.2, 0.25) is 17.8 Å². The number of aromatic nitrogens is 5. The van der Waals surface area contributed by atoms with Crippen molar-refractivity contribution in [2.45, 2.75) is 37.9 Å². The molecule has 11 nitrogen and oxygen atoms in total. The third kappa shape index (κ3) is 4.81. The summed E-state index contributed by atoms with van der Waals surface area (Å²) in [6, 6.07) is 5.87. The highest BCUT2D eigenvalue weighted by atomic mass is 32.2. The van der Waals surface area contributed by atoms with Gasteiger partial charge >= 0.3 is 0 Å². The molecule has 0 spiro atoms. The number of carbonyl (C=O) groups is 1. The Morgan fingerprint density at radius 1 is 1.12 bits per heavy atom. The summed E-state index contributed by atoms with van der Waals surface area (Å²) in [4.78, 5) is 21.8. The number of carbonyl (C=O) groups excluding carboxylic acids is 1. The molecular formula is C22H28N8O3S. The van der Waals surface area contributed by atoms with Gasteiger partial charge in [-0.05, 0) is 50.3 Å². The Kier molecular flexibility index (Phi) is 6.57. The van der Waals surface area contributed by atoms with Gasteiger partial charge in [-0.15, -0.1) is 10.2 Å². The van der Waals surface area contributed by atoms with Gasteiger partial charge in [-0.3, -0.25) is 4.79 Å². The van der Waals surface area contributed by atoms with Gasteiger partial charge in [-0.2, -0.15) is 9.97 Å². The minimum Gasteiger partial charge on any atom is -0.486 e. The van der Waals surface area contributed by atoms with E-state index < -0.39 is 0 Å². The molecule has 1 atom stereocenters. The summed E-state index contributed by atoms with van der Waals surface area (Å²) in [5.74, 6) is 3.56. The number of hydrogen-bond acceptors (Lipinski definition) is 10. The molecule has 0 radical (unpaired) electrons. The lowest BCUT2D eigenvalue weighted by atomic mass is 10.0. The molecule has 180 valence electrons. The second-order valence-electron chi connectivity index (χ2n) is 8.12. The molecule has 1 fully saturated rings. The molecule has 34 heavy (non-hydrogen) atoms. The van der Waals surface area contributed by atoms with Crippen LogP contribution < -0.4 is 25.4 Å². The molecule has 3 aromatic rings. The smallest absolute Gasteiger partial charge is 0.261 e. The average Bonchev–Trinajstić information content (AvgIpc) is 3.61. The number of rotatable bonds is 10. The highest BCUT2D eigenvalue weighted by Gasteiger charge is 2.34. The molecule has 1 aliphatic carbocycles. The van der Waals surface area contributed by atoms with Crippen LogP contribution in [0.4, 0.5) is 11.9 Å². The largest absolute Gasteiger partial charge is 0.486 e. The Hall–Kier alpha value is -3.28. The van der Waals surface area contributed by atoms with Gasteiger partial charge in [0, 0.05) is 13.1 Å². The second-order valence-corrected chi connectivity index (χ2v) is 9.07. The Labute approximate surface area is 201 Å². The first-order valence-corrected chi connectivity index (χ1v) is 12.6. The fraction of sp³-hybridized carbons (Fsp3) is 0.500. The first-order chi connectivity index (χ1) is 16.7. The van der Waals surface area contributed by atoms with Crippen molar-refractivity contribution in [2.75, 3.05) is 42.7 Å². The van der Waals surface area contributed by atoms with Crippen LogP contribution in [0.3, 0.4) is 0 Å². The fourth-order valence-corrected chi connectivity index (χ4v) is 4.64. The molecule has 1 amide bonds. The molecule has 0 bridgehead atoms. The lowest BCUT2D eigenvalue weighted by molar-refractivity contribution is -0.119. The van der Waals surface area contributed by atoms with E-state index in [2.05, 4.69) is 36.1 Å². The lowest BCUT2D eigenvalue weighted by Gasteiger charge is -2.23. The quantitative estimate of drug-likeness (QED) is 0.369. The topological polar surface area (TPSA) is 128 Å². The molecule has 1 aromatic carbocycles. The number of benzene rings is 1. The van der Waals surface area contributed by atoms with Crippen molar-refractivity contribution in [1.29, 1.82) is 0 Å². The van der Waals surface area contributed by atoms with Crippen molar-refractivity contribution in [3.8, 4) is 11.5 Å². The predicted octanol–water partition coefficient (Wildman–Crippen LogP) is 2.51. The Morgan fingerprint density at radius 2 is 1.91 bits per heavy atom. The minimum atomic E-state index is -0.0660. The van der Waals surface area contributed by atoms with E-state index in [9.17, 15) is 4.79 Å². The van der Waals surface area contributed by atoms with Crippen LogP contribution in [0.1, 0.15) is 38.3 Å². The Bertz CT molecular complexity index is 1180. The number of nitrogens with one attached hydrogen (secondary N) is 3. The van der Waals surface area contributed by atoms with E-state index in [1.54, 1.807) is 4.40 Å². The molecule has 12 heteroatoms. The SMILES string of the molecule is CCNc1nc(NCC)n2c(SCC(=O)NC(c3ccc4c(c3)OCCO4)C3CC3)nnc2n1. The van der Waals surface area contributed by atoms with E-state index in [-0.39, 0.29) is 17.7 Å². The number of thioether (sulfide) groups is 1. The minimum absolute atomic E-state index is 0.0533. The maximum atomic E-state index is 12.9. The summed E-state index contributed by atoms with van der Waals surface area (Å²) in [7, 11) is 0. The summed E-state index contributed by atoms with van der Waals surface area (Å²) < 4.78 is 13.1. The summed E-state index contributed by atoms with van der Waals surface area (Å²) >= 11 is 1.31.